The summed E-state index contributed by atoms with van der Waals surface area (Å²) in [7, 11) is 4.25. The van der Waals surface area contributed by atoms with Gasteiger partial charge in [-0.2, -0.15) is 0 Å². The molecule has 2 heteroatoms. The Morgan fingerprint density at radius 3 is 2.39 bits per heavy atom. The predicted molar refractivity (Wildman–Crippen MR) is 118 cm³/mol. The number of para-hydroxylation sites is 2. The molecule has 5 rings (SSSR count). The summed E-state index contributed by atoms with van der Waals surface area (Å²) < 4.78 is 4.45. The molecule has 0 bridgehead atoms. The van der Waals surface area contributed by atoms with Crippen LogP contribution in [0.1, 0.15) is 22.3 Å². The first kappa shape index (κ1) is 16.8. The highest BCUT2D eigenvalue weighted by Crippen LogP contribution is 2.40. The summed E-state index contributed by atoms with van der Waals surface area (Å²) >= 11 is 0. The number of rotatable bonds is 2. The summed E-state index contributed by atoms with van der Waals surface area (Å²) in [5.41, 5.74) is 10.2. The molecule has 1 aliphatic heterocycles. The Kier molecular flexibility index (Phi) is 3.80. The highest BCUT2D eigenvalue weighted by atomic mass is 15.0. The average Bonchev–Trinajstić information content (AvgIpc) is 3.22. The highest BCUT2D eigenvalue weighted by molar-refractivity contribution is 6.25. The summed E-state index contributed by atoms with van der Waals surface area (Å²) in [4.78, 5) is 0. The van der Waals surface area contributed by atoms with Gasteiger partial charge in [-0.15, -0.1) is 0 Å². The van der Waals surface area contributed by atoms with Crippen LogP contribution in [0.15, 0.2) is 79.0 Å². The van der Waals surface area contributed by atoms with Crippen LogP contribution in [-0.4, -0.2) is 22.4 Å². The fourth-order valence-electron chi connectivity index (χ4n) is 4.26. The van der Waals surface area contributed by atoms with Gasteiger partial charge in [0.15, 0.2) is 6.21 Å². The number of allylic oxidation sites excluding steroid dienone is 1. The molecule has 2 nitrogen and oxygen atoms in total. The maximum absolute atomic E-state index is 2.27. The first-order chi connectivity index (χ1) is 13.6. The zero-order valence-electron chi connectivity index (χ0n) is 16.5. The van der Waals surface area contributed by atoms with E-state index in [1.165, 1.54) is 50.0 Å². The minimum absolute atomic E-state index is 1.25. The quantitative estimate of drug-likeness (QED) is 0.398. The number of nitrogens with zero attached hydrogens (tertiary/aromatic N) is 2. The van der Waals surface area contributed by atoms with Crippen LogP contribution in [0.2, 0.25) is 0 Å². The third-order valence-corrected chi connectivity index (χ3v) is 5.67. The maximum atomic E-state index is 2.27. The first-order valence-corrected chi connectivity index (χ1v) is 9.66. The lowest BCUT2D eigenvalue weighted by atomic mass is 9.90. The monoisotopic (exact) mass is 363 g/mol. The normalized spacial score (nSPS) is 14.9. The van der Waals surface area contributed by atoms with Gasteiger partial charge in [-0.25, -0.2) is 4.58 Å². The van der Waals surface area contributed by atoms with Crippen LogP contribution in [-0.2, 0) is 7.05 Å². The fraction of sp³-hybridized carbons (Fsp3) is 0.115. The van der Waals surface area contributed by atoms with Crippen molar-refractivity contribution in [2.45, 2.75) is 6.92 Å². The van der Waals surface area contributed by atoms with E-state index in [0.29, 0.717) is 0 Å². The van der Waals surface area contributed by atoms with Crippen LogP contribution in [0.5, 0.6) is 0 Å². The second-order valence-electron chi connectivity index (χ2n) is 7.58. The molecular formula is C26H23N2+. The van der Waals surface area contributed by atoms with E-state index in [0.717, 1.165) is 0 Å². The first-order valence-electron chi connectivity index (χ1n) is 9.66. The smallest absolute Gasteiger partial charge is 0.213 e. The molecular weight excluding hydrogens is 340 g/mol. The van der Waals surface area contributed by atoms with E-state index in [1.807, 2.05) is 0 Å². The lowest BCUT2D eigenvalue weighted by Gasteiger charge is -2.11. The van der Waals surface area contributed by atoms with Gasteiger partial charge in [-0.05, 0) is 24.6 Å². The van der Waals surface area contributed by atoms with E-state index in [4.69, 9.17) is 0 Å². The van der Waals surface area contributed by atoms with E-state index in [-0.39, 0.29) is 0 Å². The third-order valence-electron chi connectivity index (χ3n) is 5.67. The Balaban J connectivity index is 1.89. The van der Waals surface area contributed by atoms with E-state index in [1.54, 1.807) is 0 Å². The molecule has 28 heavy (non-hydrogen) atoms. The summed E-state index contributed by atoms with van der Waals surface area (Å²) in [5, 5.41) is 1.29. The molecule has 2 heterocycles. The average molecular weight is 363 g/mol. The zero-order valence-corrected chi connectivity index (χ0v) is 16.5. The van der Waals surface area contributed by atoms with Gasteiger partial charge in [-0.3, -0.25) is 0 Å². The van der Waals surface area contributed by atoms with Crippen LogP contribution >= 0.6 is 0 Å². The van der Waals surface area contributed by atoms with Crippen molar-refractivity contribution in [1.29, 1.82) is 0 Å². The van der Waals surface area contributed by atoms with E-state index in [9.17, 15) is 0 Å². The second-order valence-corrected chi connectivity index (χ2v) is 7.58. The Hall–Kier alpha value is -3.39. The van der Waals surface area contributed by atoms with Crippen LogP contribution in [0.4, 0.5) is 5.69 Å². The molecule has 1 aliphatic rings. The van der Waals surface area contributed by atoms with Crippen molar-refractivity contribution in [3.05, 3.63) is 101 Å². The molecule has 0 unspecified atom stereocenters. The Morgan fingerprint density at radius 1 is 0.857 bits per heavy atom. The van der Waals surface area contributed by atoms with Gasteiger partial charge in [0, 0.05) is 41.4 Å². The molecule has 0 fully saturated rings. The van der Waals surface area contributed by atoms with Crippen LogP contribution < -0.4 is 0 Å². The number of benzene rings is 3. The molecule has 0 radical (unpaired) electrons. The van der Waals surface area contributed by atoms with Gasteiger partial charge in [0.25, 0.3) is 0 Å². The van der Waals surface area contributed by atoms with Crippen molar-refractivity contribution < 1.29 is 4.58 Å². The van der Waals surface area contributed by atoms with Gasteiger partial charge in [0.2, 0.25) is 5.69 Å². The number of fused-ring (bicyclic) bond motifs is 2. The van der Waals surface area contributed by atoms with Crippen LogP contribution in [0.3, 0.4) is 0 Å². The molecule has 0 saturated heterocycles. The zero-order chi connectivity index (χ0) is 19.3. The molecule has 3 aromatic carbocycles. The van der Waals surface area contributed by atoms with Gasteiger partial charge < -0.3 is 4.57 Å². The Labute approximate surface area is 165 Å². The van der Waals surface area contributed by atoms with Gasteiger partial charge in [0.05, 0.1) is 11.1 Å². The predicted octanol–water partition coefficient (Wildman–Crippen LogP) is 5.80. The van der Waals surface area contributed by atoms with Gasteiger partial charge >= 0.3 is 0 Å². The minimum atomic E-state index is 1.25. The fourth-order valence-corrected chi connectivity index (χ4v) is 4.26. The van der Waals surface area contributed by atoms with Gasteiger partial charge in [0.1, 0.15) is 7.05 Å². The standard InChI is InChI=1S/C26H23N2/c1-18-12-14-19(15-13-18)26(22-16-27(2)24-10-6-4-8-20(22)24)23-17-28(3)25-11-7-5-9-21(23)25/h4-17H,1-3H3/q+1. The van der Waals surface area contributed by atoms with Gasteiger partial charge in [-0.1, -0.05) is 60.2 Å². The molecule has 0 aliphatic carbocycles. The van der Waals surface area contributed by atoms with E-state index >= 15 is 0 Å². The Morgan fingerprint density at radius 2 is 1.57 bits per heavy atom. The van der Waals surface area contributed by atoms with Crippen molar-refractivity contribution in [2.75, 3.05) is 7.05 Å². The minimum Gasteiger partial charge on any atom is -0.350 e. The molecule has 0 spiro atoms. The van der Waals surface area contributed by atoms with Crippen molar-refractivity contribution in [1.82, 2.24) is 4.57 Å². The van der Waals surface area contributed by atoms with Crippen LogP contribution in [0, 0.1) is 6.92 Å². The molecule has 136 valence electrons. The second kappa shape index (κ2) is 6.35. The molecule has 4 aromatic rings. The lowest BCUT2D eigenvalue weighted by molar-refractivity contribution is -0.395. The topological polar surface area (TPSA) is 7.94 Å². The Bertz CT molecular complexity index is 1270. The summed E-state index contributed by atoms with van der Waals surface area (Å²) in [6, 6.07) is 26.2. The van der Waals surface area contributed by atoms with Crippen LogP contribution in [0.25, 0.3) is 22.0 Å². The van der Waals surface area contributed by atoms with Crippen molar-refractivity contribution >= 4 is 34.0 Å². The molecule has 1 aromatic heterocycles. The number of hydrogen-bond donors (Lipinski definition) is 0. The summed E-state index contributed by atoms with van der Waals surface area (Å²) in [6.45, 7) is 2.14. The number of aromatic nitrogens is 1. The molecule has 0 saturated carbocycles. The number of hydrogen-bond acceptors (Lipinski definition) is 0. The number of aryl methyl sites for hydroxylation is 2. The van der Waals surface area contributed by atoms with Crippen molar-refractivity contribution in [3.8, 4) is 0 Å². The maximum Gasteiger partial charge on any atom is 0.213 e. The largest absolute Gasteiger partial charge is 0.350 e. The molecule has 0 N–H and O–H groups in total. The molecule has 0 amide bonds. The SMILES string of the molecule is Cc1ccc(/C(=C2\C=[N+](C)c3ccccc32)c2cn(C)c3ccccc23)cc1. The third kappa shape index (κ3) is 2.53. The molecule has 0 atom stereocenters. The van der Waals surface area contributed by atoms with Crippen molar-refractivity contribution in [2.24, 2.45) is 7.05 Å². The summed E-state index contributed by atoms with van der Waals surface area (Å²) in [6.07, 6.45) is 4.53. The lowest BCUT2D eigenvalue weighted by Crippen LogP contribution is -1.95. The van der Waals surface area contributed by atoms with Crippen molar-refractivity contribution in [3.63, 3.8) is 0 Å². The summed E-state index contributed by atoms with van der Waals surface area (Å²) in [5.74, 6) is 0. The highest BCUT2D eigenvalue weighted by Gasteiger charge is 2.27. The van der Waals surface area contributed by atoms with E-state index in [2.05, 4.69) is 115 Å². The van der Waals surface area contributed by atoms with E-state index < -0.39 is 0 Å².